The number of aryl methyl sites for hydroxylation is 1. The molecule has 2 aromatic heterocycles. The van der Waals surface area contributed by atoms with Gasteiger partial charge in [0.2, 0.25) is 0 Å². The zero-order valence-electron chi connectivity index (χ0n) is 9.26. The van der Waals surface area contributed by atoms with E-state index in [0.29, 0.717) is 0 Å². The molecule has 84 valence electrons. The molecular weight excluding hydrogens is 204 g/mol. The molecule has 0 N–H and O–H groups in total. The Morgan fingerprint density at radius 1 is 1.44 bits per heavy atom. The maximum absolute atomic E-state index is 5.06. The highest BCUT2D eigenvalue weighted by molar-refractivity contribution is 5.04. The molecule has 0 aliphatic carbocycles. The van der Waals surface area contributed by atoms with Crippen LogP contribution in [0.3, 0.4) is 0 Å². The smallest absolute Gasteiger partial charge is 0.133 e. The van der Waals surface area contributed by atoms with Gasteiger partial charge in [-0.25, -0.2) is 4.98 Å². The second kappa shape index (κ2) is 3.75. The van der Waals surface area contributed by atoms with Crippen LogP contribution in [0.15, 0.2) is 23.0 Å². The van der Waals surface area contributed by atoms with Crippen molar-refractivity contribution < 1.29 is 4.52 Å². The summed E-state index contributed by atoms with van der Waals surface area (Å²) in [5.74, 6) is 2.00. The van der Waals surface area contributed by atoms with Crippen LogP contribution in [0, 0.1) is 6.92 Å². The van der Waals surface area contributed by atoms with Crippen LogP contribution in [-0.4, -0.2) is 26.2 Å². The molecule has 0 spiro atoms. The maximum atomic E-state index is 5.06. The largest absolute Gasteiger partial charge is 0.361 e. The molecule has 0 aromatic carbocycles. The molecule has 0 unspecified atom stereocenters. The Kier molecular flexibility index (Phi) is 2.25. The lowest BCUT2D eigenvalue weighted by Gasteiger charge is -2.26. The highest BCUT2D eigenvalue weighted by Gasteiger charge is 2.17. The lowest BCUT2D eigenvalue weighted by atomic mass is 10.3. The number of hydrogen-bond donors (Lipinski definition) is 0. The third kappa shape index (κ3) is 1.74. The average Bonchev–Trinajstić information content (AvgIpc) is 2.87. The van der Waals surface area contributed by atoms with E-state index in [2.05, 4.69) is 19.6 Å². The summed E-state index contributed by atoms with van der Waals surface area (Å²) in [4.78, 5) is 6.66. The maximum Gasteiger partial charge on any atom is 0.133 e. The summed E-state index contributed by atoms with van der Waals surface area (Å²) in [5.41, 5.74) is 0.998. The van der Waals surface area contributed by atoms with Gasteiger partial charge >= 0.3 is 0 Å². The Morgan fingerprint density at radius 3 is 3.19 bits per heavy atom. The van der Waals surface area contributed by atoms with Crippen LogP contribution in [0.4, 0.5) is 0 Å². The van der Waals surface area contributed by atoms with Gasteiger partial charge in [-0.2, -0.15) is 0 Å². The first kappa shape index (κ1) is 9.59. The fourth-order valence-electron chi connectivity index (χ4n) is 2.08. The van der Waals surface area contributed by atoms with Gasteiger partial charge in [0.25, 0.3) is 0 Å². The molecule has 0 atom stereocenters. The van der Waals surface area contributed by atoms with E-state index in [4.69, 9.17) is 4.52 Å². The molecule has 0 saturated heterocycles. The van der Waals surface area contributed by atoms with Crippen LogP contribution >= 0.6 is 0 Å². The minimum atomic E-state index is 0.837. The predicted molar refractivity (Wildman–Crippen MR) is 57.6 cm³/mol. The minimum absolute atomic E-state index is 0.837. The lowest BCUT2D eigenvalue weighted by Crippen LogP contribution is -2.33. The molecule has 5 heteroatoms. The second-order valence-corrected chi connectivity index (χ2v) is 4.18. The summed E-state index contributed by atoms with van der Waals surface area (Å²) in [7, 11) is 0. The molecule has 3 rings (SSSR count). The van der Waals surface area contributed by atoms with Crippen LogP contribution in [0.25, 0.3) is 0 Å². The number of rotatable bonds is 2. The number of fused-ring (bicyclic) bond motifs is 1. The van der Waals surface area contributed by atoms with Crippen LogP contribution in [-0.2, 0) is 19.6 Å². The molecule has 0 saturated carbocycles. The Labute approximate surface area is 93.7 Å². The molecule has 0 bridgehead atoms. The highest BCUT2D eigenvalue weighted by Crippen LogP contribution is 2.13. The third-order valence-corrected chi connectivity index (χ3v) is 2.89. The Hall–Kier alpha value is -1.62. The van der Waals surface area contributed by atoms with E-state index in [1.165, 1.54) is 0 Å². The van der Waals surface area contributed by atoms with E-state index in [1.54, 1.807) is 0 Å². The lowest BCUT2D eigenvalue weighted by molar-refractivity contribution is 0.203. The SMILES string of the molecule is Cc1cc(CN2CCn3ccnc3C2)no1. The number of nitrogens with zero attached hydrogens (tertiary/aromatic N) is 4. The summed E-state index contributed by atoms with van der Waals surface area (Å²) in [5, 5.41) is 4.01. The molecule has 16 heavy (non-hydrogen) atoms. The van der Waals surface area contributed by atoms with E-state index >= 15 is 0 Å². The third-order valence-electron chi connectivity index (χ3n) is 2.89. The van der Waals surface area contributed by atoms with E-state index < -0.39 is 0 Å². The molecule has 1 aliphatic rings. The summed E-state index contributed by atoms with van der Waals surface area (Å²) < 4.78 is 7.26. The monoisotopic (exact) mass is 218 g/mol. The van der Waals surface area contributed by atoms with Gasteiger partial charge in [0.1, 0.15) is 11.6 Å². The normalized spacial score (nSPS) is 16.3. The Morgan fingerprint density at radius 2 is 2.38 bits per heavy atom. The van der Waals surface area contributed by atoms with Crippen molar-refractivity contribution in [2.45, 2.75) is 26.6 Å². The molecule has 3 heterocycles. The van der Waals surface area contributed by atoms with E-state index in [9.17, 15) is 0 Å². The predicted octanol–water partition coefficient (Wildman–Crippen LogP) is 1.20. The van der Waals surface area contributed by atoms with Crippen molar-refractivity contribution in [3.05, 3.63) is 35.7 Å². The zero-order chi connectivity index (χ0) is 11.0. The van der Waals surface area contributed by atoms with Crippen molar-refractivity contribution >= 4 is 0 Å². The van der Waals surface area contributed by atoms with Gasteiger partial charge in [0.15, 0.2) is 0 Å². The summed E-state index contributed by atoms with van der Waals surface area (Å²) in [6.07, 6.45) is 3.89. The first-order valence-electron chi connectivity index (χ1n) is 5.46. The van der Waals surface area contributed by atoms with Crippen molar-refractivity contribution in [1.29, 1.82) is 0 Å². The Bertz CT molecular complexity index is 488. The van der Waals surface area contributed by atoms with Crippen molar-refractivity contribution in [3.8, 4) is 0 Å². The van der Waals surface area contributed by atoms with Crippen molar-refractivity contribution in [1.82, 2.24) is 19.6 Å². The van der Waals surface area contributed by atoms with Crippen molar-refractivity contribution in [2.24, 2.45) is 0 Å². The van der Waals surface area contributed by atoms with Crippen LogP contribution in [0.1, 0.15) is 17.3 Å². The summed E-state index contributed by atoms with van der Waals surface area (Å²) in [6.45, 7) is 5.68. The van der Waals surface area contributed by atoms with Gasteiger partial charge in [-0.05, 0) is 6.92 Å². The van der Waals surface area contributed by atoms with E-state index in [-0.39, 0.29) is 0 Å². The first-order chi connectivity index (χ1) is 7.81. The summed E-state index contributed by atoms with van der Waals surface area (Å²) in [6, 6.07) is 1.99. The number of hydrogen-bond acceptors (Lipinski definition) is 4. The standard InChI is InChI=1S/C11H14N4O/c1-9-6-10(13-16-9)7-14-4-5-15-3-2-12-11(15)8-14/h2-3,6H,4-5,7-8H2,1H3. The molecule has 1 aliphatic heterocycles. The molecule has 0 amide bonds. The van der Waals surface area contributed by atoms with Gasteiger partial charge in [0, 0.05) is 38.1 Å². The van der Waals surface area contributed by atoms with Gasteiger partial charge in [-0.1, -0.05) is 5.16 Å². The van der Waals surface area contributed by atoms with Crippen LogP contribution < -0.4 is 0 Å². The fourth-order valence-corrected chi connectivity index (χ4v) is 2.08. The summed E-state index contributed by atoms with van der Waals surface area (Å²) >= 11 is 0. The molecule has 0 fully saturated rings. The Balaban J connectivity index is 1.70. The van der Waals surface area contributed by atoms with Crippen LogP contribution in [0.5, 0.6) is 0 Å². The fraction of sp³-hybridized carbons (Fsp3) is 0.455. The second-order valence-electron chi connectivity index (χ2n) is 4.18. The minimum Gasteiger partial charge on any atom is -0.361 e. The number of imidazole rings is 1. The first-order valence-corrected chi connectivity index (χ1v) is 5.46. The van der Waals surface area contributed by atoms with Crippen LogP contribution in [0.2, 0.25) is 0 Å². The van der Waals surface area contributed by atoms with Gasteiger partial charge < -0.3 is 9.09 Å². The van der Waals surface area contributed by atoms with Gasteiger partial charge in [0.05, 0.1) is 12.2 Å². The molecule has 5 nitrogen and oxygen atoms in total. The zero-order valence-corrected chi connectivity index (χ0v) is 9.26. The highest BCUT2D eigenvalue weighted by atomic mass is 16.5. The topological polar surface area (TPSA) is 47.1 Å². The van der Waals surface area contributed by atoms with Gasteiger partial charge in [-0.3, -0.25) is 4.90 Å². The quantitative estimate of drug-likeness (QED) is 0.759. The van der Waals surface area contributed by atoms with E-state index in [0.717, 1.165) is 43.5 Å². The van der Waals surface area contributed by atoms with Crippen molar-refractivity contribution in [3.63, 3.8) is 0 Å². The molecule has 0 radical (unpaired) electrons. The van der Waals surface area contributed by atoms with Gasteiger partial charge in [-0.15, -0.1) is 0 Å². The molecular formula is C11H14N4O. The number of aromatic nitrogens is 3. The average molecular weight is 218 g/mol. The molecule has 2 aromatic rings. The van der Waals surface area contributed by atoms with E-state index in [1.807, 2.05) is 25.4 Å². The van der Waals surface area contributed by atoms with Crippen molar-refractivity contribution in [2.75, 3.05) is 6.54 Å².